The molecular weight excluding hydrogens is 320 g/mol. The molecule has 24 heavy (non-hydrogen) atoms. The van der Waals surface area contributed by atoms with Crippen LogP contribution in [0.25, 0.3) is 0 Å². The molecular formula is C18H26N4OS. The van der Waals surface area contributed by atoms with Crippen LogP contribution in [-0.2, 0) is 6.54 Å². The van der Waals surface area contributed by atoms with Crippen molar-refractivity contribution in [3.05, 3.63) is 40.6 Å². The van der Waals surface area contributed by atoms with Gasteiger partial charge in [-0.15, -0.1) is 11.3 Å². The number of carbonyl (C=O) groups is 1. The highest BCUT2D eigenvalue weighted by atomic mass is 32.1. The molecule has 3 rings (SSSR count). The molecule has 0 unspecified atom stereocenters. The van der Waals surface area contributed by atoms with E-state index in [9.17, 15) is 4.79 Å². The van der Waals surface area contributed by atoms with Gasteiger partial charge in [-0.05, 0) is 44.1 Å². The topological polar surface area (TPSA) is 50.2 Å². The van der Waals surface area contributed by atoms with Crippen LogP contribution in [0, 0.1) is 0 Å². The maximum Gasteiger partial charge on any atom is 0.318 e. The van der Waals surface area contributed by atoms with Crippen LogP contribution in [-0.4, -0.2) is 27.0 Å². The predicted molar refractivity (Wildman–Crippen MR) is 97.1 cm³/mol. The van der Waals surface area contributed by atoms with E-state index in [0.29, 0.717) is 0 Å². The van der Waals surface area contributed by atoms with Gasteiger partial charge in [0.2, 0.25) is 0 Å². The van der Waals surface area contributed by atoms with Crippen LogP contribution in [0.2, 0.25) is 0 Å². The van der Waals surface area contributed by atoms with Gasteiger partial charge in [-0.25, -0.2) is 9.78 Å². The van der Waals surface area contributed by atoms with Crippen LogP contribution in [0.15, 0.2) is 29.9 Å². The van der Waals surface area contributed by atoms with E-state index < -0.39 is 0 Å². The number of likely N-dealkylation sites (tertiary alicyclic amines) is 1. The van der Waals surface area contributed by atoms with Crippen LogP contribution >= 0.6 is 11.3 Å². The van der Waals surface area contributed by atoms with Gasteiger partial charge in [-0.2, -0.15) is 0 Å². The number of aromatic nitrogens is 2. The monoisotopic (exact) mass is 346 g/mol. The molecule has 0 radical (unpaired) electrons. The fraction of sp³-hybridized carbons (Fsp3) is 0.556. The second-order valence-corrected chi connectivity index (χ2v) is 7.18. The number of hydrogen-bond donors (Lipinski definition) is 1. The number of piperidine rings is 1. The molecule has 0 aliphatic carbocycles. The number of carbonyl (C=O) groups excluding carboxylic acids is 1. The van der Waals surface area contributed by atoms with Crippen molar-refractivity contribution in [2.75, 3.05) is 6.54 Å². The molecule has 3 heterocycles. The largest absolute Gasteiger partial charge is 0.333 e. The number of imidazole rings is 1. The van der Waals surface area contributed by atoms with E-state index in [1.807, 2.05) is 23.4 Å². The number of hydrogen-bond acceptors (Lipinski definition) is 3. The Kier molecular flexibility index (Phi) is 5.56. The first-order chi connectivity index (χ1) is 11.7. The molecule has 5 nitrogen and oxygen atoms in total. The average molecular weight is 347 g/mol. The minimum absolute atomic E-state index is 0.0330. The molecule has 1 N–H and O–H groups in total. The standard InChI is InChI=1S/C18H26N4OS/c1-3-14(16-9-7-13-24-16)20-18(23)22-11-6-5-8-15(22)17-19-10-12-21(17)4-2/h7,9-10,12-15H,3-6,8,11H2,1-2H3,(H,20,23)/t14-,15-/m1/s1. The van der Waals surface area contributed by atoms with Gasteiger partial charge in [0.05, 0.1) is 12.1 Å². The maximum absolute atomic E-state index is 13.0. The highest BCUT2D eigenvalue weighted by molar-refractivity contribution is 7.10. The Morgan fingerprint density at radius 1 is 1.46 bits per heavy atom. The van der Waals surface area contributed by atoms with E-state index in [1.54, 1.807) is 11.3 Å². The molecule has 1 aliphatic heterocycles. The van der Waals surface area contributed by atoms with Gasteiger partial charge in [-0.1, -0.05) is 13.0 Å². The summed E-state index contributed by atoms with van der Waals surface area (Å²) in [6.45, 7) is 5.91. The molecule has 2 aromatic heterocycles. The molecule has 1 fully saturated rings. The van der Waals surface area contributed by atoms with Gasteiger partial charge >= 0.3 is 6.03 Å². The summed E-state index contributed by atoms with van der Waals surface area (Å²) >= 11 is 1.70. The average Bonchev–Trinajstić information content (AvgIpc) is 3.30. The Balaban J connectivity index is 1.76. The Bertz CT molecular complexity index is 652. The van der Waals surface area contributed by atoms with Crippen LogP contribution in [0.1, 0.15) is 62.3 Å². The Morgan fingerprint density at radius 2 is 2.33 bits per heavy atom. The van der Waals surface area contributed by atoms with E-state index in [2.05, 4.69) is 40.2 Å². The SMILES string of the molecule is CC[C@@H](NC(=O)N1CCCC[C@@H]1c1nccn1CC)c1cccs1. The smallest absolute Gasteiger partial charge is 0.318 e. The molecule has 2 amide bonds. The van der Waals surface area contributed by atoms with Crippen molar-refractivity contribution in [2.45, 2.75) is 58.2 Å². The normalized spacial score (nSPS) is 19.2. The number of thiophene rings is 1. The third kappa shape index (κ3) is 3.48. The van der Waals surface area contributed by atoms with E-state index in [-0.39, 0.29) is 18.1 Å². The lowest BCUT2D eigenvalue weighted by Crippen LogP contribution is -2.46. The number of aryl methyl sites for hydroxylation is 1. The summed E-state index contributed by atoms with van der Waals surface area (Å²) in [7, 11) is 0. The first kappa shape index (κ1) is 17.0. The van der Waals surface area contributed by atoms with E-state index in [0.717, 1.165) is 44.6 Å². The van der Waals surface area contributed by atoms with Crippen LogP contribution in [0.5, 0.6) is 0 Å². The van der Waals surface area contributed by atoms with Crippen molar-refractivity contribution in [1.29, 1.82) is 0 Å². The minimum Gasteiger partial charge on any atom is -0.333 e. The van der Waals surface area contributed by atoms with Crippen molar-refractivity contribution in [3.63, 3.8) is 0 Å². The second-order valence-electron chi connectivity index (χ2n) is 6.20. The summed E-state index contributed by atoms with van der Waals surface area (Å²) < 4.78 is 2.15. The summed E-state index contributed by atoms with van der Waals surface area (Å²) in [5.74, 6) is 1.01. The summed E-state index contributed by atoms with van der Waals surface area (Å²) in [4.78, 5) is 20.7. The summed E-state index contributed by atoms with van der Waals surface area (Å²) in [5.41, 5.74) is 0. The number of rotatable bonds is 5. The lowest BCUT2D eigenvalue weighted by Gasteiger charge is -2.36. The van der Waals surface area contributed by atoms with Gasteiger partial charge < -0.3 is 14.8 Å². The lowest BCUT2D eigenvalue weighted by atomic mass is 10.0. The lowest BCUT2D eigenvalue weighted by molar-refractivity contribution is 0.142. The van der Waals surface area contributed by atoms with Gasteiger partial charge in [0.15, 0.2) is 0 Å². The molecule has 0 saturated carbocycles. The molecule has 6 heteroatoms. The molecule has 2 aromatic rings. The predicted octanol–water partition coefficient (Wildman–Crippen LogP) is 4.35. The van der Waals surface area contributed by atoms with Crippen molar-refractivity contribution >= 4 is 17.4 Å². The quantitative estimate of drug-likeness (QED) is 0.875. The second kappa shape index (κ2) is 7.83. The van der Waals surface area contributed by atoms with E-state index in [4.69, 9.17) is 0 Å². The maximum atomic E-state index is 13.0. The van der Waals surface area contributed by atoms with Crippen LogP contribution in [0.4, 0.5) is 4.79 Å². The first-order valence-electron chi connectivity index (χ1n) is 8.86. The van der Waals surface area contributed by atoms with Crippen molar-refractivity contribution in [3.8, 4) is 0 Å². The molecule has 0 bridgehead atoms. The molecule has 1 saturated heterocycles. The third-order valence-corrected chi connectivity index (χ3v) is 5.73. The van der Waals surface area contributed by atoms with Gasteiger partial charge in [0.25, 0.3) is 0 Å². The third-order valence-electron chi connectivity index (χ3n) is 4.74. The molecule has 1 aliphatic rings. The minimum atomic E-state index is 0.0330. The Hall–Kier alpha value is -1.82. The highest BCUT2D eigenvalue weighted by Crippen LogP contribution is 2.31. The summed E-state index contributed by atoms with van der Waals surface area (Å²) in [6.07, 6.45) is 7.93. The molecule has 2 atom stereocenters. The highest BCUT2D eigenvalue weighted by Gasteiger charge is 2.31. The van der Waals surface area contributed by atoms with E-state index >= 15 is 0 Å². The zero-order chi connectivity index (χ0) is 16.9. The summed E-state index contributed by atoms with van der Waals surface area (Å²) in [5, 5.41) is 5.29. The Labute approximate surface area is 147 Å². The molecule has 0 aromatic carbocycles. The molecule has 0 spiro atoms. The van der Waals surface area contributed by atoms with Gasteiger partial charge in [0.1, 0.15) is 5.82 Å². The first-order valence-corrected chi connectivity index (χ1v) is 9.74. The fourth-order valence-corrected chi connectivity index (χ4v) is 4.29. The van der Waals surface area contributed by atoms with Crippen molar-refractivity contribution in [2.24, 2.45) is 0 Å². The Morgan fingerprint density at radius 3 is 3.04 bits per heavy atom. The van der Waals surface area contributed by atoms with E-state index in [1.165, 1.54) is 4.88 Å². The van der Waals surface area contributed by atoms with Crippen molar-refractivity contribution < 1.29 is 4.79 Å². The number of amides is 2. The van der Waals surface area contributed by atoms with Gasteiger partial charge in [0, 0.05) is 30.4 Å². The van der Waals surface area contributed by atoms with Crippen molar-refractivity contribution in [1.82, 2.24) is 19.8 Å². The van der Waals surface area contributed by atoms with Gasteiger partial charge in [-0.3, -0.25) is 0 Å². The number of nitrogens with one attached hydrogen (secondary N) is 1. The van der Waals surface area contributed by atoms with Crippen LogP contribution in [0.3, 0.4) is 0 Å². The zero-order valence-electron chi connectivity index (χ0n) is 14.4. The van der Waals surface area contributed by atoms with Crippen LogP contribution < -0.4 is 5.32 Å². The summed E-state index contributed by atoms with van der Waals surface area (Å²) in [6, 6.07) is 4.33. The molecule has 130 valence electrons. The number of nitrogens with zero attached hydrogens (tertiary/aromatic N) is 3. The zero-order valence-corrected chi connectivity index (χ0v) is 15.3. The fourth-order valence-electron chi connectivity index (χ4n) is 3.42. The number of urea groups is 1.